The topological polar surface area (TPSA) is 28.3 Å². The second kappa shape index (κ2) is 16.1. The Morgan fingerprint density at radius 2 is 1.79 bits per heavy atom. The summed E-state index contributed by atoms with van der Waals surface area (Å²) in [7, 11) is 6.12. The Hall–Kier alpha value is -1.54. The first kappa shape index (κ1) is 29.5. The number of hydrogen-bond donors (Lipinski definition) is 1. The van der Waals surface area contributed by atoms with Gasteiger partial charge in [-0.1, -0.05) is 50.9 Å². The second-order valence-corrected chi connectivity index (χ2v) is 12.1. The van der Waals surface area contributed by atoms with Crippen LogP contribution in [0.5, 0.6) is 5.75 Å². The van der Waals surface area contributed by atoms with Gasteiger partial charge >= 0.3 is 0 Å². The van der Waals surface area contributed by atoms with Crippen molar-refractivity contribution in [3.63, 3.8) is 0 Å². The van der Waals surface area contributed by atoms with Crippen molar-refractivity contribution in [1.82, 2.24) is 9.88 Å². The zero-order valence-corrected chi connectivity index (χ0v) is 23.6. The van der Waals surface area contributed by atoms with E-state index in [9.17, 15) is 0 Å². The number of halogens is 1. The predicted octanol–water partition coefficient (Wildman–Crippen LogP) is 8.27. The van der Waals surface area contributed by atoms with Gasteiger partial charge in [0.2, 0.25) is 0 Å². The van der Waals surface area contributed by atoms with Gasteiger partial charge in [0, 0.05) is 34.7 Å². The van der Waals surface area contributed by atoms with E-state index in [1.54, 1.807) is 7.11 Å². The largest absolute Gasteiger partial charge is 0.497 e. The number of rotatable bonds is 8. The number of likely N-dealkylation sites (N-methyl/N-ethyl adjacent to an activating group) is 1. The average molecular weight is 491 g/mol. The highest BCUT2D eigenvalue weighted by Crippen LogP contribution is 2.31. The first-order chi connectivity index (χ1) is 15.7. The van der Waals surface area contributed by atoms with E-state index in [4.69, 9.17) is 16.3 Å². The molecule has 33 heavy (non-hydrogen) atoms. The first-order valence-corrected chi connectivity index (χ1v) is 14.7. The van der Waals surface area contributed by atoms with Crippen molar-refractivity contribution in [3.05, 3.63) is 64.8 Å². The quantitative estimate of drug-likeness (QED) is 0.322. The number of nitrogens with zero attached hydrogens (tertiary/aromatic N) is 1. The van der Waals surface area contributed by atoms with Crippen molar-refractivity contribution < 1.29 is 4.74 Å². The smallest absolute Gasteiger partial charge is 0.120 e. The number of nitrogens with one attached hydrogen (secondary N) is 1. The lowest BCUT2D eigenvalue weighted by Gasteiger charge is -2.13. The molecule has 0 saturated heterocycles. The average Bonchev–Trinajstić information content (AvgIpc) is 3.19. The number of benzene rings is 2. The fourth-order valence-electron chi connectivity index (χ4n) is 3.27. The molecule has 3 rings (SSSR count). The Labute approximate surface area is 208 Å². The van der Waals surface area contributed by atoms with Crippen LogP contribution in [-0.2, 0) is 6.42 Å². The van der Waals surface area contributed by atoms with Gasteiger partial charge in [0.05, 0.1) is 7.11 Å². The van der Waals surface area contributed by atoms with Crippen LogP contribution >= 0.6 is 19.5 Å². The molecule has 1 heterocycles. The van der Waals surface area contributed by atoms with Crippen LogP contribution in [-0.4, -0.2) is 57.1 Å². The van der Waals surface area contributed by atoms with Crippen LogP contribution in [0.3, 0.4) is 0 Å². The van der Waals surface area contributed by atoms with Crippen molar-refractivity contribution >= 4 is 30.4 Å². The zero-order valence-electron chi connectivity index (χ0n) is 21.9. The summed E-state index contributed by atoms with van der Waals surface area (Å²) in [4.78, 5) is 5.48. The summed E-state index contributed by atoms with van der Waals surface area (Å²) < 4.78 is 5.20. The molecular weight excluding hydrogens is 447 g/mol. The lowest BCUT2D eigenvalue weighted by Crippen LogP contribution is -2.14. The molecule has 1 aromatic heterocycles. The van der Waals surface area contributed by atoms with Gasteiger partial charge in [-0.2, -0.15) is 0 Å². The SMILES string of the molecule is CC(CCP(C)C)c1cccc(Cl)c1.CCC.COc1ccc2c(CCN(C)C)c[nH]c2c1. The van der Waals surface area contributed by atoms with Gasteiger partial charge in [-0.15, -0.1) is 7.92 Å². The van der Waals surface area contributed by atoms with E-state index in [0.717, 1.165) is 29.3 Å². The molecule has 3 aromatic rings. The number of H-pyrrole nitrogens is 1. The summed E-state index contributed by atoms with van der Waals surface area (Å²) in [6, 6.07) is 14.4. The maximum absolute atomic E-state index is 5.96. The minimum atomic E-state index is 0.236. The predicted molar refractivity (Wildman–Crippen MR) is 151 cm³/mol. The molecule has 3 nitrogen and oxygen atoms in total. The number of fused-ring (bicyclic) bond motifs is 1. The van der Waals surface area contributed by atoms with E-state index in [1.165, 1.54) is 35.5 Å². The van der Waals surface area contributed by atoms with Crippen molar-refractivity contribution in [3.8, 4) is 5.75 Å². The lowest BCUT2D eigenvalue weighted by molar-refractivity contribution is 0.414. The molecule has 0 fully saturated rings. The minimum absolute atomic E-state index is 0.236. The first-order valence-electron chi connectivity index (χ1n) is 11.9. The van der Waals surface area contributed by atoms with Crippen LogP contribution in [0.1, 0.15) is 50.7 Å². The molecule has 0 amide bonds. The fraction of sp³-hybridized carbons (Fsp3) is 0.500. The third-order valence-electron chi connectivity index (χ3n) is 5.23. The van der Waals surface area contributed by atoms with Crippen molar-refractivity contribution in [1.29, 1.82) is 0 Å². The molecule has 1 atom stereocenters. The Morgan fingerprint density at radius 3 is 2.36 bits per heavy atom. The summed E-state index contributed by atoms with van der Waals surface area (Å²) in [5, 5.41) is 2.15. The summed E-state index contributed by atoms with van der Waals surface area (Å²) in [6.07, 6.45) is 7.04. The van der Waals surface area contributed by atoms with Gasteiger partial charge in [-0.05, 0) is 87.7 Å². The monoisotopic (exact) mass is 490 g/mol. The van der Waals surface area contributed by atoms with Crippen molar-refractivity contribution in [2.75, 3.05) is 47.2 Å². The van der Waals surface area contributed by atoms with Gasteiger partial charge in [-0.25, -0.2) is 0 Å². The van der Waals surface area contributed by atoms with Gasteiger partial charge in [0.25, 0.3) is 0 Å². The van der Waals surface area contributed by atoms with Gasteiger partial charge in [0.15, 0.2) is 0 Å². The Morgan fingerprint density at radius 1 is 1.09 bits per heavy atom. The maximum atomic E-state index is 5.96. The molecule has 184 valence electrons. The zero-order chi connectivity index (χ0) is 24.8. The van der Waals surface area contributed by atoms with Crippen LogP contribution in [0.4, 0.5) is 0 Å². The van der Waals surface area contributed by atoms with Crippen LogP contribution in [0, 0.1) is 0 Å². The Kier molecular flexibility index (Phi) is 14.4. The van der Waals surface area contributed by atoms with Gasteiger partial charge < -0.3 is 14.6 Å². The third kappa shape index (κ3) is 11.4. The molecule has 0 aliphatic rings. The van der Waals surface area contributed by atoms with Gasteiger partial charge in [-0.3, -0.25) is 0 Å². The van der Waals surface area contributed by atoms with Gasteiger partial charge in [0.1, 0.15) is 5.75 Å². The molecule has 5 heteroatoms. The van der Waals surface area contributed by atoms with E-state index in [1.807, 2.05) is 24.3 Å². The van der Waals surface area contributed by atoms with Crippen molar-refractivity contribution in [2.45, 2.75) is 46.0 Å². The highest BCUT2D eigenvalue weighted by atomic mass is 35.5. The highest BCUT2D eigenvalue weighted by molar-refractivity contribution is 7.55. The highest BCUT2D eigenvalue weighted by Gasteiger charge is 2.07. The third-order valence-corrected chi connectivity index (χ3v) is 6.62. The van der Waals surface area contributed by atoms with E-state index >= 15 is 0 Å². The maximum Gasteiger partial charge on any atom is 0.120 e. The van der Waals surface area contributed by atoms with Crippen LogP contribution in [0.2, 0.25) is 5.02 Å². The summed E-state index contributed by atoms with van der Waals surface area (Å²) in [6.45, 7) is 12.3. The Balaban J connectivity index is 0.000000298. The number of methoxy groups -OCH3 is 1. The molecule has 2 aromatic carbocycles. The van der Waals surface area contributed by atoms with Crippen LogP contribution < -0.4 is 4.74 Å². The number of ether oxygens (including phenoxy) is 1. The number of aromatic amines is 1. The van der Waals surface area contributed by atoms with E-state index in [2.05, 4.69) is 82.5 Å². The normalized spacial score (nSPS) is 11.6. The van der Waals surface area contributed by atoms with Crippen LogP contribution in [0.15, 0.2) is 48.7 Å². The molecule has 0 saturated carbocycles. The second-order valence-electron chi connectivity index (χ2n) is 9.03. The molecular formula is C28H44ClN2OP. The Bertz CT molecular complexity index is 923. The molecule has 0 spiro atoms. The van der Waals surface area contributed by atoms with Crippen LogP contribution in [0.25, 0.3) is 10.9 Å². The standard InChI is InChI=1S/C13H18N2O.C12H18ClP.C3H8/c1-15(2)7-6-10-9-14-13-8-11(16-3)4-5-12(10)13;1-10(7-8-14(2)3)11-5-4-6-12(13)9-11;1-3-2/h4-5,8-9,14H,6-7H2,1-3H3;4-6,9-10H,7-8H2,1-3H3;3H2,1-2H3. The summed E-state index contributed by atoms with van der Waals surface area (Å²) >= 11 is 5.96. The summed E-state index contributed by atoms with van der Waals surface area (Å²) in [5.41, 5.74) is 3.88. The van der Waals surface area contributed by atoms with Crippen molar-refractivity contribution in [2.24, 2.45) is 0 Å². The van der Waals surface area contributed by atoms with E-state index in [0.29, 0.717) is 5.92 Å². The van der Waals surface area contributed by atoms with E-state index < -0.39 is 0 Å². The van der Waals surface area contributed by atoms with E-state index in [-0.39, 0.29) is 7.92 Å². The molecule has 0 radical (unpaired) electrons. The number of aromatic nitrogens is 1. The molecule has 1 N–H and O–H groups in total. The molecule has 0 aliphatic heterocycles. The molecule has 0 aliphatic carbocycles. The fourth-order valence-corrected chi connectivity index (χ4v) is 4.38. The minimum Gasteiger partial charge on any atom is -0.497 e. The molecule has 1 unspecified atom stereocenters. The summed E-state index contributed by atoms with van der Waals surface area (Å²) in [5.74, 6) is 1.53. The molecule has 0 bridgehead atoms. The number of hydrogen-bond acceptors (Lipinski definition) is 2. The lowest BCUT2D eigenvalue weighted by atomic mass is 9.99.